The van der Waals surface area contributed by atoms with Gasteiger partial charge in [-0.25, -0.2) is 17.9 Å². The fraction of sp³-hybridized carbons (Fsp3) is 0.357. The number of aromatic carboxylic acids is 1. The Bertz CT molecular complexity index is 692. The van der Waals surface area contributed by atoms with Gasteiger partial charge in [-0.15, -0.1) is 12.3 Å². The lowest BCUT2D eigenvalue weighted by molar-refractivity contribution is 0.0696. The van der Waals surface area contributed by atoms with Crippen molar-refractivity contribution in [1.82, 2.24) is 4.72 Å². The summed E-state index contributed by atoms with van der Waals surface area (Å²) in [5.74, 6) is 1.23. The Kier molecular flexibility index (Phi) is 5.96. The van der Waals surface area contributed by atoms with Gasteiger partial charge >= 0.3 is 5.97 Å². The zero-order valence-corrected chi connectivity index (χ0v) is 14.1. The predicted octanol–water partition coefficient (Wildman–Crippen LogP) is 2.54. The summed E-state index contributed by atoms with van der Waals surface area (Å²) in [5, 5.41) is 9.05. The zero-order chi connectivity index (χ0) is 16.2. The molecule has 0 aliphatic heterocycles. The Hall–Kier alpha value is -1.36. The largest absolute Gasteiger partial charge is 0.478 e. The van der Waals surface area contributed by atoms with E-state index in [2.05, 4.69) is 26.6 Å². The Morgan fingerprint density at radius 3 is 2.62 bits per heavy atom. The number of halogens is 1. The lowest BCUT2D eigenvalue weighted by Crippen LogP contribution is -2.34. The molecule has 7 heteroatoms. The maximum Gasteiger partial charge on any atom is 0.335 e. The molecule has 0 radical (unpaired) electrons. The Balaban J connectivity index is 3.31. The van der Waals surface area contributed by atoms with Crippen molar-refractivity contribution in [1.29, 1.82) is 0 Å². The minimum Gasteiger partial charge on any atom is -0.478 e. The SMILES string of the molecule is C#CCC(CC)NS(=O)(=O)c1cc(C(=O)O)cc(C)c1Br. The van der Waals surface area contributed by atoms with Crippen LogP contribution in [0.4, 0.5) is 0 Å². The van der Waals surface area contributed by atoms with Crippen LogP contribution in [0, 0.1) is 19.3 Å². The molecule has 0 heterocycles. The van der Waals surface area contributed by atoms with Crippen molar-refractivity contribution in [3.8, 4) is 12.3 Å². The summed E-state index contributed by atoms with van der Waals surface area (Å²) in [6.07, 6.45) is 6.02. The second-order valence-electron chi connectivity index (χ2n) is 4.55. The average Bonchev–Trinajstić information content (AvgIpc) is 2.40. The van der Waals surface area contributed by atoms with Crippen molar-refractivity contribution < 1.29 is 18.3 Å². The van der Waals surface area contributed by atoms with Gasteiger partial charge in [0, 0.05) is 16.9 Å². The molecule has 1 rings (SSSR count). The third kappa shape index (κ3) is 4.30. The maximum atomic E-state index is 12.4. The van der Waals surface area contributed by atoms with Crippen LogP contribution in [0.3, 0.4) is 0 Å². The standard InChI is InChI=1S/C14H16BrNO4S/c1-4-6-11(5-2)16-21(19,20)12-8-10(14(17)18)7-9(3)13(12)15/h1,7-8,11,16H,5-6H2,2-3H3,(H,17,18). The molecule has 1 atom stereocenters. The van der Waals surface area contributed by atoms with Gasteiger partial charge in [-0.1, -0.05) is 6.92 Å². The summed E-state index contributed by atoms with van der Waals surface area (Å²) in [6, 6.07) is 2.15. The number of carboxylic acid groups (broad SMARTS) is 1. The van der Waals surface area contributed by atoms with Crippen LogP contribution in [0.5, 0.6) is 0 Å². The number of carbonyl (C=O) groups is 1. The first-order valence-corrected chi connectivity index (χ1v) is 8.49. The quantitative estimate of drug-likeness (QED) is 0.750. The third-order valence-corrected chi connectivity index (χ3v) is 5.80. The van der Waals surface area contributed by atoms with Crippen molar-refractivity contribution in [3.63, 3.8) is 0 Å². The number of aryl methyl sites for hydroxylation is 1. The molecule has 2 N–H and O–H groups in total. The van der Waals surface area contributed by atoms with Crippen LogP contribution in [0.2, 0.25) is 0 Å². The average molecular weight is 374 g/mol. The van der Waals surface area contributed by atoms with Crippen molar-refractivity contribution in [2.75, 3.05) is 0 Å². The molecule has 0 aliphatic carbocycles. The lowest BCUT2D eigenvalue weighted by Gasteiger charge is -2.16. The molecule has 0 aromatic heterocycles. The number of hydrogen-bond acceptors (Lipinski definition) is 3. The number of sulfonamides is 1. The van der Waals surface area contributed by atoms with Crippen LogP contribution >= 0.6 is 15.9 Å². The molecule has 0 aliphatic rings. The Morgan fingerprint density at radius 2 is 2.14 bits per heavy atom. The smallest absolute Gasteiger partial charge is 0.335 e. The van der Waals surface area contributed by atoms with Gasteiger partial charge in [-0.2, -0.15) is 0 Å². The number of nitrogens with one attached hydrogen (secondary N) is 1. The highest BCUT2D eigenvalue weighted by atomic mass is 79.9. The van der Waals surface area contributed by atoms with Crippen LogP contribution in [0.1, 0.15) is 35.7 Å². The lowest BCUT2D eigenvalue weighted by atomic mass is 10.1. The normalized spacial score (nSPS) is 12.7. The van der Waals surface area contributed by atoms with Gasteiger partial charge in [0.15, 0.2) is 0 Å². The van der Waals surface area contributed by atoms with E-state index in [0.29, 0.717) is 16.5 Å². The first kappa shape index (κ1) is 17.7. The van der Waals surface area contributed by atoms with Crippen LogP contribution in [-0.4, -0.2) is 25.5 Å². The number of rotatable bonds is 6. The summed E-state index contributed by atoms with van der Waals surface area (Å²) >= 11 is 3.20. The number of terminal acetylenes is 1. The first-order chi connectivity index (χ1) is 9.72. The van der Waals surface area contributed by atoms with Gasteiger partial charge < -0.3 is 5.11 Å². The van der Waals surface area contributed by atoms with E-state index in [0.717, 1.165) is 6.07 Å². The molecule has 0 bridgehead atoms. The van der Waals surface area contributed by atoms with Gasteiger partial charge in [0.25, 0.3) is 0 Å². The van der Waals surface area contributed by atoms with E-state index in [1.807, 2.05) is 6.92 Å². The van der Waals surface area contributed by atoms with Gasteiger partial charge in [0.2, 0.25) is 10.0 Å². The number of carboxylic acids is 1. The van der Waals surface area contributed by atoms with E-state index in [4.69, 9.17) is 11.5 Å². The third-order valence-electron chi connectivity index (χ3n) is 2.94. The topological polar surface area (TPSA) is 83.5 Å². The molecule has 5 nitrogen and oxygen atoms in total. The van der Waals surface area contributed by atoms with E-state index in [-0.39, 0.29) is 22.9 Å². The van der Waals surface area contributed by atoms with E-state index in [1.54, 1.807) is 6.92 Å². The fourth-order valence-corrected chi connectivity index (χ4v) is 4.11. The van der Waals surface area contributed by atoms with Gasteiger partial charge in [0.05, 0.1) is 10.5 Å². The summed E-state index contributed by atoms with van der Waals surface area (Å²) in [6.45, 7) is 3.45. The van der Waals surface area contributed by atoms with Crippen LogP contribution in [-0.2, 0) is 10.0 Å². The molecule has 0 amide bonds. The fourth-order valence-electron chi connectivity index (χ4n) is 1.75. The first-order valence-electron chi connectivity index (χ1n) is 6.22. The van der Waals surface area contributed by atoms with Crippen molar-refractivity contribution in [3.05, 3.63) is 27.7 Å². The van der Waals surface area contributed by atoms with Crippen molar-refractivity contribution in [2.45, 2.75) is 37.6 Å². The molecule has 21 heavy (non-hydrogen) atoms. The molecule has 0 saturated carbocycles. The summed E-state index contributed by atoms with van der Waals surface area (Å²) in [5.41, 5.74) is 0.446. The Morgan fingerprint density at radius 1 is 1.52 bits per heavy atom. The van der Waals surface area contributed by atoms with Crippen molar-refractivity contribution >= 4 is 31.9 Å². The highest BCUT2D eigenvalue weighted by Crippen LogP contribution is 2.27. The molecular formula is C14H16BrNO4S. The van der Waals surface area contributed by atoms with Gasteiger partial charge in [0.1, 0.15) is 0 Å². The summed E-state index contributed by atoms with van der Waals surface area (Å²) in [4.78, 5) is 11.0. The minimum atomic E-state index is -3.86. The summed E-state index contributed by atoms with van der Waals surface area (Å²) < 4.78 is 27.7. The molecule has 114 valence electrons. The van der Waals surface area contributed by atoms with E-state index < -0.39 is 16.0 Å². The zero-order valence-electron chi connectivity index (χ0n) is 11.7. The van der Waals surface area contributed by atoms with Crippen LogP contribution < -0.4 is 4.72 Å². The number of benzene rings is 1. The van der Waals surface area contributed by atoms with Crippen molar-refractivity contribution in [2.24, 2.45) is 0 Å². The molecule has 0 fully saturated rings. The maximum absolute atomic E-state index is 12.4. The van der Waals surface area contributed by atoms with E-state index in [1.165, 1.54) is 6.07 Å². The second-order valence-corrected chi connectivity index (χ2v) is 7.02. The highest BCUT2D eigenvalue weighted by Gasteiger charge is 2.24. The van der Waals surface area contributed by atoms with E-state index >= 15 is 0 Å². The van der Waals surface area contributed by atoms with Gasteiger partial charge in [-0.3, -0.25) is 0 Å². The highest BCUT2D eigenvalue weighted by molar-refractivity contribution is 9.10. The monoisotopic (exact) mass is 373 g/mol. The Labute approximate surface area is 132 Å². The molecule has 1 unspecified atom stereocenters. The summed E-state index contributed by atoms with van der Waals surface area (Å²) in [7, 11) is -3.86. The number of hydrogen-bond donors (Lipinski definition) is 2. The molecule has 1 aromatic carbocycles. The van der Waals surface area contributed by atoms with Gasteiger partial charge in [-0.05, 0) is 47.0 Å². The molecule has 1 aromatic rings. The van der Waals surface area contributed by atoms with Crippen LogP contribution in [0.15, 0.2) is 21.5 Å². The molecular weight excluding hydrogens is 358 g/mol. The predicted molar refractivity (Wildman–Crippen MR) is 83.7 cm³/mol. The molecule has 0 saturated heterocycles. The minimum absolute atomic E-state index is 0.0823. The molecule has 0 spiro atoms. The second kappa shape index (κ2) is 7.07. The van der Waals surface area contributed by atoms with Crippen LogP contribution in [0.25, 0.3) is 0 Å². The van der Waals surface area contributed by atoms with E-state index in [9.17, 15) is 13.2 Å².